The highest BCUT2D eigenvalue weighted by Gasteiger charge is 2.47. The van der Waals surface area contributed by atoms with Crippen LogP contribution in [0.2, 0.25) is 0 Å². The van der Waals surface area contributed by atoms with E-state index < -0.39 is 67.4 Å². The number of ether oxygens (including phenoxy) is 3. The van der Waals surface area contributed by atoms with E-state index in [4.69, 9.17) is 14.2 Å². The summed E-state index contributed by atoms with van der Waals surface area (Å²) in [6.45, 7) is 5.74. The van der Waals surface area contributed by atoms with Crippen LogP contribution in [0, 0.1) is 0 Å². The Balaban J connectivity index is 2.64. The molecule has 11 nitrogen and oxygen atoms in total. The normalized spacial score (nSPS) is 19.4. The Morgan fingerprint density at radius 2 is 0.896 bits per heavy atom. The number of amides is 1. The number of carbonyl (C=O) groups excluding carboxylic acids is 2. The second-order valence-corrected chi connectivity index (χ2v) is 22.1. The van der Waals surface area contributed by atoms with Crippen LogP contribution in [0.15, 0.2) is 60.8 Å². The van der Waals surface area contributed by atoms with Gasteiger partial charge in [0.15, 0.2) is 12.4 Å². The van der Waals surface area contributed by atoms with Crippen LogP contribution in [0.5, 0.6) is 0 Å². The minimum atomic E-state index is -1.62. The zero-order valence-corrected chi connectivity index (χ0v) is 49.6. The molecule has 0 aromatic rings. The van der Waals surface area contributed by atoms with E-state index in [9.17, 15) is 35.1 Å². The Labute approximate surface area is 471 Å². The van der Waals surface area contributed by atoms with Gasteiger partial charge in [-0.3, -0.25) is 9.59 Å². The van der Waals surface area contributed by atoms with Gasteiger partial charge in [-0.2, -0.15) is 0 Å². The molecule has 1 aliphatic heterocycles. The molecule has 0 spiro atoms. The Hall–Kier alpha value is -2.64. The van der Waals surface area contributed by atoms with Crippen molar-refractivity contribution in [3.05, 3.63) is 60.8 Å². The Bertz CT molecular complexity index is 1480. The van der Waals surface area contributed by atoms with E-state index >= 15 is 0 Å². The van der Waals surface area contributed by atoms with Crippen molar-refractivity contribution in [3.63, 3.8) is 0 Å². The number of hydrogen-bond donors (Lipinski definition) is 6. The molecule has 0 bridgehead atoms. The first-order valence-electron chi connectivity index (χ1n) is 32.1. The van der Waals surface area contributed by atoms with Crippen LogP contribution in [0.1, 0.15) is 284 Å². The molecule has 8 atom stereocenters. The molecule has 0 radical (unpaired) electrons. The molecule has 8 unspecified atom stereocenters. The highest BCUT2D eigenvalue weighted by atomic mass is 16.7. The molecule has 1 fully saturated rings. The molecule has 0 aromatic heterocycles. The average Bonchev–Trinajstić information content (AvgIpc) is 3.43. The van der Waals surface area contributed by atoms with Crippen LogP contribution in [-0.2, 0) is 23.8 Å². The Kier molecular flexibility index (Phi) is 50.7. The van der Waals surface area contributed by atoms with Crippen LogP contribution < -0.4 is 5.32 Å². The van der Waals surface area contributed by atoms with E-state index in [-0.39, 0.29) is 19.4 Å². The van der Waals surface area contributed by atoms with Gasteiger partial charge in [0.1, 0.15) is 24.4 Å². The van der Waals surface area contributed by atoms with Gasteiger partial charge in [0.2, 0.25) is 5.91 Å². The predicted octanol–water partition coefficient (Wildman–Crippen LogP) is 15.4. The molecule has 1 heterocycles. The lowest BCUT2D eigenvalue weighted by Crippen LogP contribution is -2.61. The van der Waals surface area contributed by atoms with E-state index in [2.05, 4.69) is 74.7 Å². The first-order chi connectivity index (χ1) is 37.7. The van der Waals surface area contributed by atoms with E-state index in [0.29, 0.717) is 12.8 Å². The maximum absolute atomic E-state index is 13.4. The van der Waals surface area contributed by atoms with Gasteiger partial charge in [-0.15, -0.1) is 0 Å². The van der Waals surface area contributed by atoms with Crippen LogP contribution in [0.3, 0.4) is 0 Å². The molecule has 1 amide bonds. The number of aliphatic hydroxyl groups is 5. The van der Waals surface area contributed by atoms with Crippen molar-refractivity contribution in [3.8, 4) is 0 Å². The molecule has 6 N–H and O–H groups in total. The second-order valence-electron chi connectivity index (χ2n) is 22.1. The number of allylic oxidation sites excluding steroid dienone is 9. The molecule has 1 saturated heterocycles. The number of aliphatic hydroxyl groups excluding tert-OH is 5. The standard InChI is InChI=1S/C66H119NO10/c1-4-7-10-13-16-19-22-24-26-28-29-30-32-33-35-38-41-44-47-50-53-59(70)65(74)67-57(58(69)52-49-46-43-40-37-21-18-15-12-9-6-3)56-75-66-64(63(73)62(72)60(55-68)76-66)77-61(71)54-51-48-45-42-39-36-34-31-27-25-23-20-17-14-11-8-5-2/h16-17,19-20,24-27,49,52,57-60,62-64,66,68-70,72-73H,4-15,18,21-23,28-48,50-51,53-56H2,1-3H3,(H,67,74)/b19-16-,20-17-,26-24-,27-25-,52-49+. The molecule has 0 aromatic carbocycles. The third-order valence-electron chi connectivity index (χ3n) is 14.9. The van der Waals surface area contributed by atoms with Crippen molar-refractivity contribution in [2.75, 3.05) is 13.2 Å². The summed E-state index contributed by atoms with van der Waals surface area (Å²) in [5.74, 6) is -1.20. The summed E-state index contributed by atoms with van der Waals surface area (Å²) < 4.78 is 17.6. The van der Waals surface area contributed by atoms with Crippen molar-refractivity contribution in [2.24, 2.45) is 0 Å². The molecular weight excluding hydrogens is 967 g/mol. The lowest BCUT2D eigenvalue weighted by atomic mass is 9.99. The fourth-order valence-electron chi connectivity index (χ4n) is 9.77. The molecular formula is C66H119NO10. The van der Waals surface area contributed by atoms with Gasteiger partial charge < -0.3 is 45.1 Å². The quantitative estimate of drug-likeness (QED) is 0.0195. The van der Waals surface area contributed by atoms with Gasteiger partial charge in [-0.25, -0.2) is 0 Å². The van der Waals surface area contributed by atoms with Gasteiger partial charge in [-0.05, 0) is 89.9 Å². The summed E-state index contributed by atoms with van der Waals surface area (Å²) >= 11 is 0. The summed E-state index contributed by atoms with van der Waals surface area (Å²) in [7, 11) is 0. The zero-order valence-electron chi connectivity index (χ0n) is 49.6. The van der Waals surface area contributed by atoms with Crippen molar-refractivity contribution in [1.82, 2.24) is 5.32 Å². The topological polar surface area (TPSA) is 175 Å². The van der Waals surface area contributed by atoms with Gasteiger partial charge in [-0.1, -0.05) is 248 Å². The van der Waals surface area contributed by atoms with Crippen molar-refractivity contribution >= 4 is 11.9 Å². The minimum Gasteiger partial charge on any atom is -0.454 e. The highest BCUT2D eigenvalue weighted by molar-refractivity contribution is 5.80. The first kappa shape index (κ1) is 72.4. The summed E-state index contributed by atoms with van der Waals surface area (Å²) in [5, 5.41) is 57.0. The van der Waals surface area contributed by atoms with E-state index in [1.54, 1.807) is 6.08 Å². The molecule has 11 heteroatoms. The lowest BCUT2D eigenvalue weighted by Gasteiger charge is -2.41. The molecule has 1 rings (SSSR count). The highest BCUT2D eigenvalue weighted by Crippen LogP contribution is 2.26. The zero-order chi connectivity index (χ0) is 56.1. The fourth-order valence-corrected chi connectivity index (χ4v) is 9.77. The molecule has 448 valence electrons. The van der Waals surface area contributed by atoms with Crippen LogP contribution >= 0.6 is 0 Å². The molecule has 0 saturated carbocycles. The predicted molar refractivity (Wildman–Crippen MR) is 320 cm³/mol. The maximum atomic E-state index is 13.4. The number of esters is 1. The fraction of sp³-hybridized carbons (Fsp3) is 0.818. The van der Waals surface area contributed by atoms with Gasteiger partial charge in [0.25, 0.3) is 0 Å². The second kappa shape index (κ2) is 54.0. The lowest BCUT2D eigenvalue weighted by molar-refractivity contribution is -0.305. The number of hydrogen-bond acceptors (Lipinski definition) is 10. The van der Waals surface area contributed by atoms with Gasteiger partial charge in [0, 0.05) is 6.42 Å². The summed E-state index contributed by atoms with van der Waals surface area (Å²) in [6.07, 6.45) is 56.8. The Morgan fingerprint density at radius 1 is 0.506 bits per heavy atom. The van der Waals surface area contributed by atoms with Gasteiger partial charge in [0.05, 0.1) is 25.4 Å². The number of unbranched alkanes of at least 4 members (excludes halogenated alkanes) is 32. The van der Waals surface area contributed by atoms with Gasteiger partial charge >= 0.3 is 5.97 Å². The van der Waals surface area contributed by atoms with E-state index in [1.807, 2.05) is 6.08 Å². The van der Waals surface area contributed by atoms with Crippen LogP contribution in [0.4, 0.5) is 0 Å². The van der Waals surface area contributed by atoms with Crippen molar-refractivity contribution in [1.29, 1.82) is 0 Å². The minimum absolute atomic E-state index is 0.114. The smallest absolute Gasteiger partial charge is 0.306 e. The summed E-state index contributed by atoms with van der Waals surface area (Å²) in [6, 6.07) is -1.03. The number of carbonyl (C=O) groups is 2. The average molecular weight is 1090 g/mol. The molecule has 77 heavy (non-hydrogen) atoms. The van der Waals surface area contributed by atoms with Crippen molar-refractivity contribution < 1.29 is 49.3 Å². The van der Waals surface area contributed by atoms with E-state index in [0.717, 1.165) is 89.9 Å². The summed E-state index contributed by atoms with van der Waals surface area (Å²) in [4.78, 5) is 26.6. The summed E-state index contributed by atoms with van der Waals surface area (Å²) in [5.41, 5.74) is 0. The monoisotopic (exact) mass is 1090 g/mol. The number of rotatable bonds is 54. The first-order valence-corrected chi connectivity index (χ1v) is 32.1. The largest absolute Gasteiger partial charge is 0.454 e. The van der Waals surface area contributed by atoms with Crippen LogP contribution in [0.25, 0.3) is 0 Å². The Morgan fingerprint density at radius 3 is 1.35 bits per heavy atom. The maximum Gasteiger partial charge on any atom is 0.306 e. The number of nitrogens with one attached hydrogen (secondary N) is 1. The third-order valence-corrected chi connectivity index (χ3v) is 14.9. The van der Waals surface area contributed by atoms with Crippen LogP contribution in [-0.4, -0.2) is 99.6 Å². The SMILES string of the molecule is CCCCC/C=C\C/C=C\CCCCCCCCCCCCC(O)C(=O)NC(COC1OC(CO)C(O)C(O)C1OC(=O)CCCCCCCCC/C=C\C/C=C\CCCCC)C(O)/C=C/CCCCCCCCCCC. The third kappa shape index (κ3) is 42.0. The molecule has 0 aliphatic carbocycles. The molecule has 1 aliphatic rings. The van der Waals surface area contributed by atoms with Crippen molar-refractivity contribution in [2.45, 2.75) is 333 Å². The van der Waals surface area contributed by atoms with E-state index in [1.165, 1.54) is 148 Å².